The SMILES string of the molecule is O=[N+]([O-])c1cc(C(c2cc(F)c(O)c([N+](=O)[O-])c2)(C(F)(F)F)C(F)(F)F)cc(F)c1O. The average Bonchev–Trinajstić information content (AvgIpc) is 2.58. The van der Waals surface area contributed by atoms with Crippen LogP contribution in [0.4, 0.5) is 46.5 Å². The second-order valence-electron chi connectivity index (χ2n) is 5.91. The molecular formula is C15H6F8N2O6. The predicted molar refractivity (Wildman–Crippen MR) is 82.3 cm³/mol. The fourth-order valence-corrected chi connectivity index (χ4v) is 2.86. The van der Waals surface area contributed by atoms with Gasteiger partial charge in [-0.1, -0.05) is 0 Å². The van der Waals surface area contributed by atoms with Gasteiger partial charge in [-0.2, -0.15) is 26.3 Å². The van der Waals surface area contributed by atoms with Gasteiger partial charge in [-0.25, -0.2) is 8.78 Å². The van der Waals surface area contributed by atoms with E-state index < -0.39 is 97.5 Å². The lowest BCUT2D eigenvalue weighted by molar-refractivity contribution is -0.386. The van der Waals surface area contributed by atoms with Crippen molar-refractivity contribution in [3.05, 3.63) is 67.3 Å². The van der Waals surface area contributed by atoms with E-state index >= 15 is 0 Å². The monoisotopic (exact) mass is 462 g/mol. The maximum atomic E-state index is 13.9. The van der Waals surface area contributed by atoms with E-state index in [0.717, 1.165) is 0 Å². The predicted octanol–water partition coefficient (Wildman–Crippen LogP) is 4.60. The number of phenolic OH excluding ortho intramolecular Hbond substituents is 2. The highest BCUT2D eigenvalue weighted by Gasteiger charge is 2.73. The van der Waals surface area contributed by atoms with E-state index in [0.29, 0.717) is 0 Å². The van der Waals surface area contributed by atoms with Gasteiger partial charge in [0, 0.05) is 12.1 Å². The van der Waals surface area contributed by atoms with Gasteiger partial charge in [0.05, 0.1) is 9.85 Å². The van der Waals surface area contributed by atoms with Crippen LogP contribution in [0, 0.1) is 31.9 Å². The largest absolute Gasteiger partial charge is 0.500 e. The van der Waals surface area contributed by atoms with Crippen LogP contribution in [0.15, 0.2) is 24.3 Å². The molecule has 0 unspecified atom stereocenters. The topological polar surface area (TPSA) is 127 Å². The lowest BCUT2D eigenvalue weighted by Crippen LogP contribution is -2.55. The smallest absolute Gasteiger partial charge is 0.411 e. The van der Waals surface area contributed by atoms with Gasteiger partial charge in [-0.3, -0.25) is 20.2 Å². The molecule has 0 amide bonds. The highest BCUT2D eigenvalue weighted by molar-refractivity contribution is 5.58. The molecular weight excluding hydrogens is 456 g/mol. The molecule has 0 aliphatic rings. The lowest BCUT2D eigenvalue weighted by Gasteiger charge is -2.38. The number of nitrogens with zero attached hydrogens (tertiary/aromatic N) is 2. The van der Waals surface area contributed by atoms with Gasteiger partial charge in [0.25, 0.3) is 0 Å². The van der Waals surface area contributed by atoms with Crippen LogP contribution < -0.4 is 0 Å². The number of rotatable bonds is 4. The standard InChI is InChI=1S/C15H6F8N2O6/c16-7-1-5(3-9(11(7)26)24(28)29)13(14(18,19)20,15(21,22)23)6-2-8(17)12(27)10(4-6)25(30)31/h1-4,26-27H. The molecule has 0 saturated heterocycles. The van der Waals surface area contributed by atoms with Crippen LogP contribution in [0.5, 0.6) is 11.5 Å². The molecule has 0 spiro atoms. The molecule has 0 aromatic heterocycles. The maximum Gasteiger partial charge on any atom is 0.411 e. The summed E-state index contributed by atoms with van der Waals surface area (Å²) in [5.41, 5.74) is -13.7. The Morgan fingerprint density at radius 3 is 1.19 bits per heavy atom. The Kier molecular flexibility index (Phi) is 5.48. The third-order valence-electron chi connectivity index (χ3n) is 4.20. The van der Waals surface area contributed by atoms with Gasteiger partial charge in [0.1, 0.15) is 0 Å². The Labute approximate surface area is 164 Å². The van der Waals surface area contributed by atoms with Crippen LogP contribution in [-0.2, 0) is 5.41 Å². The number of aromatic hydroxyl groups is 2. The first-order valence-electron chi connectivity index (χ1n) is 7.45. The number of halogens is 8. The molecule has 2 rings (SSSR count). The summed E-state index contributed by atoms with van der Waals surface area (Å²) < 4.78 is 111. The second-order valence-corrected chi connectivity index (χ2v) is 5.91. The van der Waals surface area contributed by atoms with Gasteiger partial charge >= 0.3 is 23.7 Å². The van der Waals surface area contributed by atoms with Gasteiger partial charge in [-0.15, -0.1) is 0 Å². The van der Waals surface area contributed by atoms with Gasteiger partial charge in [-0.05, 0) is 23.3 Å². The van der Waals surface area contributed by atoms with E-state index in [2.05, 4.69) is 0 Å². The third kappa shape index (κ3) is 3.53. The highest BCUT2D eigenvalue weighted by Crippen LogP contribution is 2.58. The van der Waals surface area contributed by atoms with Gasteiger partial charge < -0.3 is 10.2 Å². The Morgan fingerprint density at radius 1 is 0.677 bits per heavy atom. The molecule has 8 nitrogen and oxygen atoms in total. The minimum atomic E-state index is -6.53. The minimum Gasteiger partial charge on any atom is -0.500 e. The first-order chi connectivity index (χ1) is 14.0. The molecule has 0 saturated carbocycles. The summed E-state index contributed by atoms with van der Waals surface area (Å²) in [6, 6.07) is -1.95. The van der Waals surface area contributed by atoms with Crippen molar-refractivity contribution in [1.29, 1.82) is 0 Å². The van der Waals surface area contributed by atoms with Crippen LogP contribution in [0.2, 0.25) is 0 Å². The van der Waals surface area contributed by atoms with E-state index in [4.69, 9.17) is 0 Å². The van der Waals surface area contributed by atoms with Crippen molar-refractivity contribution >= 4 is 11.4 Å². The van der Waals surface area contributed by atoms with E-state index in [1.165, 1.54) is 0 Å². The van der Waals surface area contributed by atoms with Crippen LogP contribution in [0.3, 0.4) is 0 Å². The third-order valence-corrected chi connectivity index (χ3v) is 4.20. The van der Waals surface area contributed by atoms with Crippen molar-refractivity contribution in [2.24, 2.45) is 0 Å². The van der Waals surface area contributed by atoms with Crippen molar-refractivity contribution in [3.8, 4) is 11.5 Å². The summed E-state index contributed by atoms with van der Waals surface area (Å²) in [4.78, 5) is 18.4. The quantitative estimate of drug-likeness (QED) is 0.389. The maximum absolute atomic E-state index is 13.9. The fraction of sp³-hybridized carbons (Fsp3) is 0.200. The summed E-state index contributed by atoms with van der Waals surface area (Å²) in [7, 11) is 0. The molecule has 0 heterocycles. The molecule has 31 heavy (non-hydrogen) atoms. The summed E-state index contributed by atoms with van der Waals surface area (Å²) in [6.07, 6.45) is -13.1. The van der Waals surface area contributed by atoms with Gasteiger partial charge in [0.2, 0.25) is 16.9 Å². The summed E-state index contributed by atoms with van der Waals surface area (Å²) in [5, 5.41) is 40.3. The summed E-state index contributed by atoms with van der Waals surface area (Å²) in [5.74, 6) is -8.27. The van der Waals surface area contributed by atoms with Crippen molar-refractivity contribution < 1.29 is 55.2 Å². The van der Waals surface area contributed by atoms with Crippen LogP contribution >= 0.6 is 0 Å². The molecule has 0 atom stereocenters. The minimum absolute atomic E-state index is 0.448. The number of phenols is 2. The second kappa shape index (κ2) is 7.21. The Morgan fingerprint density at radius 2 is 0.968 bits per heavy atom. The normalized spacial score (nSPS) is 12.6. The molecule has 0 radical (unpaired) electrons. The number of nitro benzene ring substituents is 2. The zero-order chi connectivity index (χ0) is 24.1. The molecule has 168 valence electrons. The van der Waals surface area contributed by atoms with Crippen LogP contribution in [-0.4, -0.2) is 32.4 Å². The molecule has 16 heteroatoms. The summed E-state index contributed by atoms with van der Waals surface area (Å²) >= 11 is 0. The molecule has 2 aromatic rings. The van der Waals surface area contributed by atoms with E-state index in [9.17, 15) is 65.6 Å². The first kappa shape index (κ1) is 23.6. The van der Waals surface area contributed by atoms with Crippen molar-refractivity contribution in [2.45, 2.75) is 17.8 Å². The molecule has 0 aliphatic heterocycles. The van der Waals surface area contributed by atoms with E-state index in [1.807, 2.05) is 0 Å². The molecule has 0 aliphatic carbocycles. The number of nitro groups is 2. The molecule has 2 aromatic carbocycles. The van der Waals surface area contributed by atoms with Crippen molar-refractivity contribution in [3.63, 3.8) is 0 Å². The molecule has 0 bridgehead atoms. The number of hydrogen-bond acceptors (Lipinski definition) is 6. The van der Waals surface area contributed by atoms with Crippen LogP contribution in [0.1, 0.15) is 11.1 Å². The first-order valence-corrected chi connectivity index (χ1v) is 7.45. The fourth-order valence-electron chi connectivity index (χ4n) is 2.86. The Bertz CT molecular complexity index is 997. The zero-order valence-corrected chi connectivity index (χ0v) is 14.3. The Hall–Kier alpha value is -3.72. The number of benzene rings is 2. The van der Waals surface area contributed by atoms with E-state index in [-0.39, 0.29) is 0 Å². The number of alkyl halides is 6. The zero-order valence-electron chi connectivity index (χ0n) is 14.3. The number of hydrogen-bond donors (Lipinski definition) is 2. The van der Waals surface area contributed by atoms with Crippen molar-refractivity contribution in [1.82, 2.24) is 0 Å². The molecule has 2 N–H and O–H groups in total. The van der Waals surface area contributed by atoms with Crippen molar-refractivity contribution in [2.75, 3.05) is 0 Å². The van der Waals surface area contributed by atoms with E-state index in [1.54, 1.807) is 0 Å². The summed E-state index contributed by atoms with van der Waals surface area (Å²) in [6.45, 7) is 0. The van der Waals surface area contributed by atoms with Gasteiger partial charge in [0.15, 0.2) is 11.6 Å². The lowest BCUT2D eigenvalue weighted by atomic mass is 9.72. The van der Waals surface area contributed by atoms with Crippen LogP contribution in [0.25, 0.3) is 0 Å². The Balaban J connectivity index is 3.16. The molecule has 0 fully saturated rings. The average molecular weight is 462 g/mol. The highest BCUT2D eigenvalue weighted by atomic mass is 19.4.